The van der Waals surface area contributed by atoms with Crippen LogP contribution in [0, 0.1) is 5.38 Å². The van der Waals surface area contributed by atoms with E-state index in [1.165, 1.54) is 37.7 Å². The van der Waals surface area contributed by atoms with Crippen molar-refractivity contribution >= 4 is 11.3 Å². The van der Waals surface area contributed by atoms with Crippen molar-refractivity contribution in [2.75, 3.05) is 0 Å². The van der Waals surface area contributed by atoms with Crippen LogP contribution in [0.2, 0.25) is 0 Å². The molecule has 0 spiro atoms. The highest BCUT2D eigenvalue weighted by atomic mass is 32.1. The van der Waals surface area contributed by atoms with E-state index in [1.54, 1.807) is 11.3 Å². The van der Waals surface area contributed by atoms with Gasteiger partial charge in [-0.1, -0.05) is 19.3 Å². The minimum Gasteiger partial charge on any atom is -0.143 e. The third-order valence-electron chi connectivity index (χ3n) is 2.57. The van der Waals surface area contributed by atoms with Crippen LogP contribution in [0.3, 0.4) is 0 Å². The Hall–Kier alpha value is -0.300. The summed E-state index contributed by atoms with van der Waals surface area (Å²) in [4.78, 5) is 0. The molecule has 0 unspecified atom stereocenters. The summed E-state index contributed by atoms with van der Waals surface area (Å²) < 4.78 is 0. The number of hydrogen-bond donors (Lipinski definition) is 0. The molecule has 1 aliphatic carbocycles. The zero-order valence-corrected chi connectivity index (χ0v) is 7.49. The predicted molar refractivity (Wildman–Crippen MR) is 49.0 cm³/mol. The molecule has 0 aromatic carbocycles. The molecule has 59 valence electrons. The summed E-state index contributed by atoms with van der Waals surface area (Å²) in [6, 6.07) is 2.17. The van der Waals surface area contributed by atoms with Crippen LogP contribution in [-0.2, 0) is 0 Å². The van der Waals surface area contributed by atoms with Gasteiger partial charge in [0.25, 0.3) is 0 Å². The van der Waals surface area contributed by atoms with E-state index in [0.29, 0.717) is 0 Å². The molecule has 1 radical (unpaired) electrons. The molecule has 2 rings (SSSR count). The van der Waals surface area contributed by atoms with Gasteiger partial charge in [-0.15, -0.1) is 11.3 Å². The fraction of sp³-hybridized carbons (Fsp3) is 0.600. The predicted octanol–water partition coefficient (Wildman–Crippen LogP) is 3.60. The van der Waals surface area contributed by atoms with Gasteiger partial charge in [-0.3, -0.25) is 0 Å². The van der Waals surface area contributed by atoms with Crippen molar-refractivity contribution in [1.82, 2.24) is 0 Å². The van der Waals surface area contributed by atoms with Gasteiger partial charge >= 0.3 is 0 Å². The summed E-state index contributed by atoms with van der Waals surface area (Å²) in [6.45, 7) is 0. The molecule has 1 heteroatoms. The Balaban J connectivity index is 2.04. The van der Waals surface area contributed by atoms with Crippen molar-refractivity contribution < 1.29 is 0 Å². The summed E-state index contributed by atoms with van der Waals surface area (Å²) in [5, 5.41) is 5.43. The third-order valence-corrected chi connectivity index (χ3v) is 3.21. The van der Waals surface area contributed by atoms with E-state index in [4.69, 9.17) is 0 Å². The molecule has 1 aromatic heterocycles. The monoisotopic (exact) mass is 165 g/mol. The number of rotatable bonds is 1. The van der Waals surface area contributed by atoms with Crippen molar-refractivity contribution in [3.05, 3.63) is 22.4 Å². The highest BCUT2D eigenvalue weighted by molar-refractivity contribution is 7.07. The van der Waals surface area contributed by atoms with Gasteiger partial charge in [0.15, 0.2) is 0 Å². The largest absolute Gasteiger partial charge is 0.143 e. The van der Waals surface area contributed by atoms with Crippen LogP contribution in [0.25, 0.3) is 0 Å². The van der Waals surface area contributed by atoms with Gasteiger partial charge in [0, 0.05) is 5.38 Å². The van der Waals surface area contributed by atoms with Crippen molar-refractivity contribution in [2.24, 2.45) is 0 Å². The van der Waals surface area contributed by atoms with Crippen molar-refractivity contribution in [3.8, 4) is 0 Å². The maximum atomic E-state index is 3.17. The van der Waals surface area contributed by atoms with E-state index >= 15 is 0 Å². The highest BCUT2D eigenvalue weighted by Gasteiger charge is 2.14. The van der Waals surface area contributed by atoms with E-state index in [-0.39, 0.29) is 0 Å². The first-order valence-corrected chi connectivity index (χ1v) is 5.29. The molecule has 0 amide bonds. The molecule has 0 bridgehead atoms. The summed E-state index contributed by atoms with van der Waals surface area (Å²) in [6.07, 6.45) is 7.13. The Kier molecular flexibility index (Phi) is 2.27. The van der Waals surface area contributed by atoms with Crippen molar-refractivity contribution in [3.63, 3.8) is 0 Å². The van der Waals surface area contributed by atoms with Crippen LogP contribution in [0.5, 0.6) is 0 Å². The second-order valence-corrected chi connectivity index (χ2v) is 4.04. The summed E-state index contributed by atoms with van der Waals surface area (Å²) >= 11 is 1.71. The molecule has 0 atom stereocenters. The minimum absolute atomic E-state index is 0.867. The number of hydrogen-bond acceptors (Lipinski definition) is 1. The Bertz CT molecular complexity index is 195. The fourth-order valence-electron chi connectivity index (χ4n) is 1.89. The van der Waals surface area contributed by atoms with E-state index < -0.39 is 0 Å². The lowest BCUT2D eigenvalue weighted by atomic mass is 9.85. The Morgan fingerprint density at radius 3 is 2.73 bits per heavy atom. The SMILES string of the molecule is [c]1cc(C2CCCCC2)cs1. The van der Waals surface area contributed by atoms with Crippen molar-refractivity contribution in [2.45, 2.75) is 38.0 Å². The van der Waals surface area contributed by atoms with Gasteiger partial charge < -0.3 is 0 Å². The molecular weight excluding hydrogens is 152 g/mol. The first-order valence-electron chi connectivity index (χ1n) is 4.41. The fourth-order valence-corrected chi connectivity index (χ4v) is 2.56. The first-order chi connectivity index (χ1) is 5.47. The van der Waals surface area contributed by atoms with Crippen LogP contribution in [0.1, 0.15) is 43.6 Å². The van der Waals surface area contributed by atoms with Gasteiger partial charge in [-0.2, -0.15) is 0 Å². The van der Waals surface area contributed by atoms with Crippen LogP contribution >= 0.6 is 11.3 Å². The Morgan fingerprint density at radius 1 is 1.27 bits per heavy atom. The maximum absolute atomic E-state index is 3.17. The van der Waals surface area contributed by atoms with Crippen LogP contribution in [-0.4, -0.2) is 0 Å². The van der Waals surface area contributed by atoms with E-state index in [2.05, 4.69) is 16.8 Å². The molecule has 0 nitrogen and oxygen atoms in total. The summed E-state index contributed by atoms with van der Waals surface area (Å²) in [7, 11) is 0. The molecule has 1 aliphatic rings. The standard InChI is InChI=1S/C10H13S/c1-2-4-9(5-3-1)10-6-7-11-8-10/h6,8-9H,1-5H2. The maximum Gasteiger partial charge on any atom is 0.0445 e. The second kappa shape index (κ2) is 3.40. The molecular formula is C10H13S. The molecule has 0 saturated heterocycles. The molecule has 1 saturated carbocycles. The minimum atomic E-state index is 0.867. The molecule has 1 fully saturated rings. The summed E-state index contributed by atoms with van der Waals surface area (Å²) in [5.41, 5.74) is 1.54. The van der Waals surface area contributed by atoms with E-state index in [9.17, 15) is 0 Å². The second-order valence-electron chi connectivity index (χ2n) is 3.33. The normalized spacial score (nSPS) is 20.4. The highest BCUT2D eigenvalue weighted by Crippen LogP contribution is 2.33. The molecule has 1 aromatic rings. The lowest BCUT2D eigenvalue weighted by molar-refractivity contribution is 0.444. The van der Waals surface area contributed by atoms with E-state index in [1.807, 2.05) is 0 Å². The third kappa shape index (κ3) is 1.64. The van der Waals surface area contributed by atoms with E-state index in [0.717, 1.165) is 5.92 Å². The zero-order valence-electron chi connectivity index (χ0n) is 6.68. The van der Waals surface area contributed by atoms with Gasteiger partial charge in [-0.25, -0.2) is 0 Å². The Labute approximate surface area is 72.3 Å². The lowest BCUT2D eigenvalue weighted by Gasteiger charge is -2.20. The molecule has 0 N–H and O–H groups in total. The first kappa shape index (κ1) is 7.35. The van der Waals surface area contributed by atoms with Gasteiger partial charge in [0.1, 0.15) is 0 Å². The average molecular weight is 165 g/mol. The average Bonchev–Trinajstić information content (AvgIpc) is 2.58. The van der Waals surface area contributed by atoms with Crippen LogP contribution in [0.15, 0.2) is 11.4 Å². The molecule has 11 heavy (non-hydrogen) atoms. The molecule has 1 heterocycles. The van der Waals surface area contributed by atoms with Gasteiger partial charge in [0.2, 0.25) is 0 Å². The molecule has 0 aliphatic heterocycles. The van der Waals surface area contributed by atoms with Gasteiger partial charge in [-0.05, 0) is 35.8 Å². The van der Waals surface area contributed by atoms with Gasteiger partial charge in [0.05, 0.1) is 0 Å². The smallest absolute Gasteiger partial charge is 0.0445 e. The quantitative estimate of drug-likeness (QED) is 0.596. The summed E-state index contributed by atoms with van der Waals surface area (Å²) in [5.74, 6) is 0.867. The number of thiophene rings is 1. The lowest BCUT2D eigenvalue weighted by Crippen LogP contribution is -2.02. The Morgan fingerprint density at radius 2 is 2.09 bits per heavy atom. The zero-order chi connectivity index (χ0) is 7.52. The van der Waals surface area contributed by atoms with Crippen molar-refractivity contribution in [1.29, 1.82) is 0 Å². The topological polar surface area (TPSA) is 0 Å². The van der Waals surface area contributed by atoms with Crippen LogP contribution < -0.4 is 0 Å². The van der Waals surface area contributed by atoms with Crippen LogP contribution in [0.4, 0.5) is 0 Å².